The van der Waals surface area contributed by atoms with Crippen molar-refractivity contribution in [2.75, 3.05) is 5.32 Å². The smallest absolute Gasteiger partial charge is 0.263 e. The van der Waals surface area contributed by atoms with Gasteiger partial charge in [-0.15, -0.1) is 0 Å². The number of halogens is 1. The number of nitrogens with one attached hydrogen (secondary N) is 1. The average molecular weight is 286 g/mol. The lowest BCUT2D eigenvalue weighted by molar-refractivity contribution is -0.117. The van der Waals surface area contributed by atoms with Crippen molar-refractivity contribution in [2.45, 2.75) is 6.17 Å². The number of benzene rings is 2. The van der Waals surface area contributed by atoms with Crippen LogP contribution in [0.1, 0.15) is 11.1 Å². The summed E-state index contributed by atoms with van der Waals surface area (Å²) in [4.78, 5) is 16.2. The van der Waals surface area contributed by atoms with Crippen LogP contribution >= 0.6 is 11.6 Å². The van der Waals surface area contributed by atoms with Gasteiger partial charge in [0.25, 0.3) is 5.91 Å². The summed E-state index contributed by atoms with van der Waals surface area (Å²) in [6.07, 6.45) is -0.950. The van der Waals surface area contributed by atoms with Gasteiger partial charge in [-0.25, -0.2) is 0 Å². The van der Waals surface area contributed by atoms with Gasteiger partial charge in [-0.05, 0) is 6.07 Å². The Labute approximate surface area is 121 Å². The number of rotatable bonds is 1. The number of para-hydroxylation sites is 1. The molecule has 1 heterocycles. The molecule has 3 N–H and O–H groups in total. The van der Waals surface area contributed by atoms with Gasteiger partial charge in [0.1, 0.15) is 0 Å². The monoisotopic (exact) mass is 285 g/mol. The minimum atomic E-state index is -0.950. The Morgan fingerprint density at radius 2 is 1.85 bits per heavy atom. The number of benzodiazepines with no additional fused rings is 1. The number of fused-ring (bicyclic) bond motifs is 1. The second kappa shape index (κ2) is 5.07. The number of hydrogen-bond donors (Lipinski definition) is 2. The molecule has 1 aliphatic heterocycles. The summed E-state index contributed by atoms with van der Waals surface area (Å²) in [6, 6.07) is 15.0. The minimum absolute atomic E-state index is 0.370. The zero-order chi connectivity index (χ0) is 14.1. The second-order valence-electron chi connectivity index (χ2n) is 4.44. The van der Waals surface area contributed by atoms with Crippen LogP contribution in [-0.4, -0.2) is 17.8 Å². The third-order valence-corrected chi connectivity index (χ3v) is 3.42. The molecule has 0 unspecified atom stereocenters. The molecule has 5 heteroatoms. The second-order valence-corrected chi connectivity index (χ2v) is 4.85. The summed E-state index contributed by atoms with van der Waals surface area (Å²) in [6.45, 7) is 0. The van der Waals surface area contributed by atoms with E-state index in [1.165, 1.54) is 0 Å². The molecule has 0 saturated heterocycles. The Bertz CT molecular complexity index is 698. The average Bonchev–Trinajstić information content (AvgIpc) is 2.59. The number of amides is 1. The minimum Gasteiger partial charge on any atom is -0.321 e. The highest BCUT2D eigenvalue weighted by atomic mass is 35.5. The van der Waals surface area contributed by atoms with Crippen molar-refractivity contribution in [1.82, 2.24) is 0 Å². The van der Waals surface area contributed by atoms with Crippen molar-refractivity contribution in [2.24, 2.45) is 10.7 Å². The van der Waals surface area contributed by atoms with E-state index in [0.717, 1.165) is 11.1 Å². The summed E-state index contributed by atoms with van der Waals surface area (Å²) in [7, 11) is 0. The van der Waals surface area contributed by atoms with Crippen LogP contribution in [0.5, 0.6) is 0 Å². The maximum atomic E-state index is 11.9. The molecule has 0 fully saturated rings. The molecular formula is C15H12ClN3O. The number of hydrogen-bond acceptors (Lipinski definition) is 3. The van der Waals surface area contributed by atoms with Crippen molar-refractivity contribution in [3.05, 3.63) is 64.7 Å². The first-order valence-electron chi connectivity index (χ1n) is 6.15. The molecule has 1 aliphatic rings. The van der Waals surface area contributed by atoms with Crippen molar-refractivity contribution in [3.8, 4) is 0 Å². The Kier molecular flexibility index (Phi) is 3.26. The summed E-state index contributed by atoms with van der Waals surface area (Å²) >= 11 is 6.17. The van der Waals surface area contributed by atoms with Gasteiger partial charge in [-0.2, -0.15) is 0 Å². The third-order valence-electron chi connectivity index (χ3n) is 3.10. The number of nitrogens with two attached hydrogens (primary N) is 1. The fraction of sp³-hybridized carbons (Fsp3) is 0.0667. The van der Waals surface area contributed by atoms with Crippen molar-refractivity contribution in [3.63, 3.8) is 0 Å². The molecule has 0 aliphatic carbocycles. The predicted octanol–water partition coefficient (Wildman–Crippen LogP) is 2.41. The van der Waals surface area contributed by atoms with E-state index >= 15 is 0 Å². The highest BCUT2D eigenvalue weighted by Gasteiger charge is 2.24. The van der Waals surface area contributed by atoms with Crippen LogP contribution in [0.2, 0.25) is 5.02 Å². The van der Waals surface area contributed by atoms with Crippen LogP contribution < -0.4 is 11.1 Å². The van der Waals surface area contributed by atoms with E-state index in [-0.39, 0.29) is 5.91 Å². The van der Waals surface area contributed by atoms with Gasteiger partial charge in [-0.1, -0.05) is 54.1 Å². The van der Waals surface area contributed by atoms with E-state index in [2.05, 4.69) is 10.3 Å². The topological polar surface area (TPSA) is 67.5 Å². The summed E-state index contributed by atoms with van der Waals surface area (Å²) < 4.78 is 0. The van der Waals surface area contributed by atoms with Gasteiger partial charge < -0.3 is 11.1 Å². The highest BCUT2D eigenvalue weighted by Crippen LogP contribution is 2.30. The molecule has 20 heavy (non-hydrogen) atoms. The van der Waals surface area contributed by atoms with Gasteiger partial charge in [0.15, 0.2) is 6.17 Å². The third kappa shape index (κ3) is 2.19. The van der Waals surface area contributed by atoms with E-state index in [1.807, 2.05) is 42.5 Å². The van der Waals surface area contributed by atoms with E-state index < -0.39 is 6.17 Å². The Hall–Kier alpha value is -2.17. The zero-order valence-corrected chi connectivity index (χ0v) is 11.3. The van der Waals surface area contributed by atoms with Crippen molar-refractivity contribution in [1.29, 1.82) is 0 Å². The number of nitrogens with zero attached hydrogens (tertiary/aromatic N) is 1. The van der Waals surface area contributed by atoms with Crippen LogP contribution in [0, 0.1) is 0 Å². The molecule has 0 spiro atoms. The van der Waals surface area contributed by atoms with E-state index in [0.29, 0.717) is 16.4 Å². The molecule has 100 valence electrons. The van der Waals surface area contributed by atoms with E-state index in [4.69, 9.17) is 17.3 Å². The van der Waals surface area contributed by atoms with E-state index in [1.54, 1.807) is 6.07 Å². The van der Waals surface area contributed by atoms with Gasteiger partial charge in [0.2, 0.25) is 0 Å². The largest absolute Gasteiger partial charge is 0.321 e. The molecule has 0 radical (unpaired) electrons. The first-order chi connectivity index (χ1) is 9.66. The molecule has 2 aromatic carbocycles. The molecule has 4 nitrogen and oxygen atoms in total. The molecule has 0 saturated carbocycles. The molecule has 1 amide bonds. The molecule has 3 rings (SSSR count). The van der Waals surface area contributed by atoms with Gasteiger partial charge >= 0.3 is 0 Å². The van der Waals surface area contributed by atoms with Gasteiger partial charge in [-0.3, -0.25) is 9.79 Å². The normalized spacial score (nSPS) is 17.8. The van der Waals surface area contributed by atoms with Gasteiger partial charge in [0, 0.05) is 11.1 Å². The fourth-order valence-electron chi connectivity index (χ4n) is 2.14. The number of aliphatic imine (C=N–C) groups is 1. The quantitative estimate of drug-likeness (QED) is 0.845. The molecule has 1 atom stereocenters. The number of carbonyl (C=O) groups excluding carboxylic acids is 1. The predicted molar refractivity (Wildman–Crippen MR) is 80.1 cm³/mol. The summed E-state index contributed by atoms with van der Waals surface area (Å²) in [5, 5.41) is 3.20. The van der Waals surface area contributed by atoms with Crippen LogP contribution in [0.25, 0.3) is 0 Å². The SMILES string of the molecule is N[C@H]1N=C(c2ccccc2)c2cccc(Cl)c2NC1=O. The maximum absolute atomic E-state index is 11.9. The van der Waals surface area contributed by atoms with E-state index in [9.17, 15) is 4.79 Å². The lowest BCUT2D eigenvalue weighted by atomic mass is 10.0. The highest BCUT2D eigenvalue weighted by molar-refractivity contribution is 6.35. The molecular weight excluding hydrogens is 274 g/mol. The Morgan fingerprint density at radius 1 is 1.10 bits per heavy atom. The summed E-state index contributed by atoms with van der Waals surface area (Å²) in [5.41, 5.74) is 8.66. The summed E-state index contributed by atoms with van der Waals surface area (Å²) in [5.74, 6) is -0.370. The Balaban J connectivity index is 2.25. The lowest BCUT2D eigenvalue weighted by Gasteiger charge is -2.11. The Morgan fingerprint density at radius 3 is 2.60 bits per heavy atom. The maximum Gasteiger partial charge on any atom is 0.263 e. The molecule has 0 aromatic heterocycles. The van der Waals surface area contributed by atoms with Gasteiger partial charge in [0.05, 0.1) is 16.4 Å². The van der Waals surface area contributed by atoms with Crippen LogP contribution in [0.4, 0.5) is 5.69 Å². The lowest BCUT2D eigenvalue weighted by Crippen LogP contribution is -2.33. The molecule has 0 bridgehead atoms. The standard InChI is InChI=1S/C15H12ClN3O/c16-11-8-4-7-10-12(9-5-2-1-3-6-9)18-14(17)15(20)19-13(10)11/h1-8,14H,17H2,(H,19,20)/t14-/m0/s1. The van der Waals surface area contributed by atoms with Crippen LogP contribution in [0.3, 0.4) is 0 Å². The first kappa shape index (κ1) is 12.8. The number of anilines is 1. The molecule has 2 aromatic rings. The first-order valence-corrected chi connectivity index (χ1v) is 6.53. The zero-order valence-electron chi connectivity index (χ0n) is 10.5. The van der Waals surface area contributed by atoms with Crippen LogP contribution in [0.15, 0.2) is 53.5 Å². The number of carbonyl (C=O) groups is 1. The van der Waals surface area contributed by atoms with Crippen molar-refractivity contribution >= 4 is 28.9 Å². The van der Waals surface area contributed by atoms with Crippen LogP contribution in [-0.2, 0) is 4.79 Å². The fourth-order valence-corrected chi connectivity index (χ4v) is 2.36. The van der Waals surface area contributed by atoms with Crippen molar-refractivity contribution < 1.29 is 4.79 Å².